The van der Waals surface area contributed by atoms with Crippen LogP contribution in [0, 0.1) is 0 Å². The molecule has 0 aliphatic carbocycles. The summed E-state index contributed by atoms with van der Waals surface area (Å²) in [7, 11) is -3.40. The van der Waals surface area contributed by atoms with Crippen molar-refractivity contribution < 1.29 is 23.1 Å². The lowest BCUT2D eigenvalue weighted by atomic mass is 9.88. The minimum absolute atomic E-state index is 0.101. The summed E-state index contributed by atoms with van der Waals surface area (Å²) in [4.78, 5) is 26.3. The van der Waals surface area contributed by atoms with Crippen LogP contribution in [0.2, 0.25) is 0 Å². The fourth-order valence-corrected chi connectivity index (χ4v) is 5.18. The largest absolute Gasteiger partial charge is 0.478 e. The van der Waals surface area contributed by atoms with Crippen LogP contribution in [0.4, 0.5) is 0 Å². The van der Waals surface area contributed by atoms with Crippen molar-refractivity contribution in [2.45, 2.75) is 23.7 Å². The average Bonchev–Trinajstić information content (AvgIpc) is 2.77. The Labute approximate surface area is 181 Å². The summed E-state index contributed by atoms with van der Waals surface area (Å²) in [5.74, 6) is -0.770. The first-order valence-corrected chi connectivity index (χ1v) is 12.0. The van der Waals surface area contributed by atoms with Gasteiger partial charge in [-0.1, -0.05) is 36.4 Å². The lowest BCUT2D eigenvalue weighted by Gasteiger charge is -2.32. The minimum atomic E-state index is -3.40. The van der Waals surface area contributed by atoms with Crippen molar-refractivity contribution in [2.24, 2.45) is 0 Å². The maximum absolute atomic E-state index is 13.2. The maximum Gasteiger partial charge on any atom is 0.335 e. The molecule has 6 nitrogen and oxygen atoms in total. The fraction of sp³-hybridized carbons (Fsp3) is 0.250. The number of fused-ring (bicyclic) bond motifs is 1. The average molecular weight is 438 g/mol. The number of carbonyl (C=O) groups is 2. The number of rotatable bonds is 4. The number of aromatic carboxylic acids is 1. The van der Waals surface area contributed by atoms with Gasteiger partial charge in [-0.25, -0.2) is 13.2 Å². The van der Waals surface area contributed by atoms with Gasteiger partial charge in [0.2, 0.25) is 0 Å². The molecule has 1 amide bonds. The second-order valence-corrected chi connectivity index (χ2v) is 9.91. The molecular weight excluding hydrogens is 414 g/mol. The van der Waals surface area contributed by atoms with Gasteiger partial charge in [0.15, 0.2) is 9.84 Å². The van der Waals surface area contributed by atoms with Crippen molar-refractivity contribution in [1.82, 2.24) is 4.90 Å². The Bertz CT molecular complexity index is 1260. The Kier molecular flexibility index (Phi) is 5.54. The number of carboxylic acid groups (broad SMARTS) is 1. The van der Waals surface area contributed by atoms with Gasteiger partial charge in [0.05, 0.1) is 10.5 Å². The number of hydrogen-bond donors (Lipinski definition) is 1. The SMILES string of the molecule is CS(=O)(=O)c1cccc2c(C(=O)N3CCC(c4ccc(C(=O)O)cc4)CC3)cccc12. The van der Waals surface area contributed by atoms with Crippen LogP contribution in [-0.4, -0.2) is 49.6 Å². The summed E-state index contributed by atoms with van der Waals surface area (Å²) in [6.07, 6.45) is 2.75. The van der Waals surface area contributed by atoms with Crippen LogP contribution in [0.3, 0.4) is 0 Å². The van der Waals surface area contributed by atoms with Crippen LogP contribution in [0.1, 0.15) is 45.0 Å². The molecule has 160 valence electrons. The molecule has 0 spiro atoms. The molecule has 3 aromatic rings. The van der Waals surface area contributed by atoms with Gasteiger partial charge in [0, 0.05) is 30.3 Å². The number of carboxylic acids is 1. The smallest absolute Gasteiger partial charge is 0.335 e. The molecule has 0 atom stereocenters. The number of likely N-dealkylation sites (tertiary alicyclic amines) is 1. The van der Waals surface area contributed by atoms with E-state index in [0.29, 0.717) is 29.4 Å². The topological polar surface area (TPSA) is 91.8 Å². The third-order valence-electron chi connectivity index (χ3n) is 5.92. The predicted octanol–water partition coefficient (Wildman–Crippen LogP) is 3.96. The number of hydrogen-bond acceptors (Lipinski definition) is 4. The van der Waals surface area contributed by atoms with Gasteiger partial charge in [-0.15, -0.1) is 0 Å². The summed E-state index contributed by atoms with van der Waals surface area (Å²) in [5, 5.41) is 10.2. The van der Waals surface area contributed by atoms with Crippen LogP contribution in [0.5, 0.6) is 0 Å². The van der Waals surface area contributed by atoms with Crippen LogP contribution in [-0.2, 0) is 9.84 Å². The molecule has 1 heterocycles. The van der Waals surface area contributed by atoms with Crippen LogP contribution < -0.4 is 0 Å². The molecule has 0 unspecified atom stereocenters. The standard InChI is InChI=1S/C24H23NO5S/c1-31(29,30)22-7-3-4-19-20(22)5-2-6-21(19)23(26)25-14-12-17(13-15-25)16-8-10-18(11-9-16)24(27)28/h2-11,17H,12-15H2,1H3,(H,27,28). The van der Waals surface area contributed by atoms with E-state index < -0.39 is 15.8 Å². The highest BCUT2D eigenvalue weighted by Crippen LogP contribution is 2.31. The van der Waals surface area contributed by atoms with Gasteiger partial charge in [0.1, 0.15) is 0 Å². The normalized spacial score (nSPS) is 15.2. The molecule has 0 radical (unpaired) electrons. The van der Waals surface area contributed by atoms with Crippen molar-refractivity contribution >= 4 is 32.5 Å². The van der Waals surface area contributed by atoms with Gasteiger partial charge in [-0.2, -0.15) is 0 Å². The Balaban J connectivity index is 1.54. The zero-order valence-electron chi connectivity index (χ0n) is 17.1. The Morgan fingerprint density at radius 3 is 2.13 bits per heavy atom. The van der Waals surface area contributed by atoms with Crippen molar-refractivity contribution in [1.29, 1.82) is 0 Å². The van der Waals surface area contributed by atoms with Crippen molar-refractivity contribution in [3.63, 3.8) is 0 Å². The molecule has 7 heteroatoms. The highest BCUT2D eigenvalue weighted by molar-refractivity contribution is 7.91. The quantitative estimate of drug-likeness (QED) is 0.667. The Morgan fingerprint density at radius 2 is 1.52 bits per heavy atom. The first kappa shape index (κ1) is 21.1. The van der Waals surface area contributed by atoms with Gasteiger partial charge >= 0.3 is 5.97 Å². The van der Waals surface area contributed by atoms with E-state index >= 15 is 0 Å². The summed E-state index contributed by atoms with van der Waals surface area (Å²) in [6, 6.07) is 17.1. The number of piperidine rings is 1. The van der Waals surface area contributed by atoms with Crippen LogP contribution in [0.25, 0.3) is 10.8 Å². The van der Waals surface area contributed by atoms with E-state index in [-0.39, 0.29) is 22.3 Å². The number of amides is 1. The van der Waals surface area contributed by atoms with E-state index in [0.717, 1.165) is 18.4 Å². The highest BCUT2D eigenvalue weighted by atomic mass is 32.2. The van der Waals surface area contributed by atoms with E-state index in [2.05, 4.69) is 0 Å². The van der Waals surface area contributed by atoms with Gasteiger partial charge in [-0.05, 0) is 54.0 Å². The second-order valence-electron chi connectivity index (χ2n) is 7.92. The summed E-state index contributed by atoms with van der Waals surface area (Å²) in [5.41, 5.74) is 1.85. The van der Waals surface area contributed by atoms with E-state index in [1.54, 1.807) is 48.5 Å². The maximum atomic E-state index is 13.2. The summed E-state index contributed by atoms with van der Waals surface area (Å²) >= 11 is 0. The number of carbonyl (C=O) groups excluding carboxylic acids is 1. The molecule has 3 aromatic carbocycles. The molecular formula is C24H23NO5S. The minimum Gasteiger partial charge on any atom is -0.478 e. The van der Waals surface area contributed by atoms with Gasteiger partial charge < -0.3 is 10.0 Å². The molecule has 31 heavy (non-hydrogen) atoms. The summed E-state index contributed by atoms with van der Waals surface area (Å²) in [6.45, 7) is 1.18. The summed E-state index contributed by atoms with van der Waals surface area (Å²) < 4.78 is 24.3. The van der Waals surface area contributed by atoms with Gasteiger partial charge in [0.25, 0.3) is 5.91 Å². The first-order chi connectivity index (χ1) is 14.8. The van der Waals surface area contributed by atoms with E-state index in [4.69, 9.17) is 5.11 Å². The molecule has 4 rings (SSSR count). The zero-order chi connectivity index (χ0) is 22.2. The predicted molar refractivity (Wildman–Crippen MR) is 118 cm³/mol. The number of sulfone groups is 1. The van der Waals surface area contributed by atoms with Crippen molar-refractivity contribution in [2.75, 3.05) is 19.3 Å². The lowest BCUT2D eigenvalue weighted by molar-refractivity contribution is 0.0692. The Hall–Kier alpha value is -3.19. The van der Waals surface area contributed by atoms with Gasteiger partial charge in [-0.3, -0.25) is 4.79 Å². The monoisotopic (exact) mass is 437 g/mol. The molecule has 1 saturated heterocycles. The van der Waals surface area contributed by atoms with E-state index in [1.165, 1.54) is 6.26 Å². The van der Waals surface area contributed by atoms with E-state index in [9.17, 15) is 18.0 Å². The third-order valence-corrected chi connectivity index (χ3v) is 7.08. The van der Waals surface area contributed by atoms with Crippen molar-refractivity contribution in [3.8, 4) is 0 Å². The molecule has 0 bridgehead atoms. The van der Waals surface area contributed by atoms with Crippen LogP contribution >= 0.6 is 0 Å². The molecule has 1 N–H and O–H groups in total. The zero-order valence-corrected chi connectivity index (χ0v) is 17.9. The van der Waals surface area contributed by atoms with E-state index in [1.807, 2.05) is 17.0 Å². The fourth-order valence-electron chi connectivity index (χ4n) is 4.28. The Morgan fingerprint density at radius 1 is 0.903 bits per heavy atom. The molecule has 1 aliphatic rings. The molecule has 0 saturated carbocycles. The molecule has 1 aliphatic heterocycles. The number of benzene rings is 3. The first-order valence-electron chi connectivity index (χ1n) is 10.1. The molecule has 0 aromatic heterocycles. The highest BCUT2D eigenvalue weighted by Gasteiger charge is 2.26. The lowest BCUT2D eigenvalue weighted by Crippen LogP contribution is -2.38. The van der Waals surface area contributed by atoms with Crippen molar-refractivity contribution in [3.05, 3.63) is 77.4 Å². The molecule has 1 fully saturated rings. The third kappa shape index (κ3) is 4.18. The second kappa shape index (κ2) is 8.15. The number of nitrogens with zero attached hydrogens (tertiary/aromatic N) is 1. The van der Waals surface area contributed by atoms with Crippen LogP contribution in [0.15, 0.2) is 65.6 Å².